The molecule has 0 fully saturated rings. The summed E-state index contributed by atoms with van der Waals surface area (Å²) in [5.74, 6) is 1.27. The van der Waals surface area contributed by atoms with Gasteiger partial charge in [0.25, 0.3) is 0 Å². The van der Waals surface area contributed by atoms with Gasteiger partial charge in [-0.05, 0) is 58.4 Å². The summed E-state index contributed by atoms with van der Waals surface area (Å²) in [6.07, 6.45) is 4.39. The molecule has 212 valence electrons. The van der Waals surface area contributed by atoms with E-state index in [4.69, 9.17) is 23.9 Å². The maximum atomic E-state index is 13.1. The maximum absolute atomic E-state index is 13.1. The summed E-state index contributed by atoms with van der Waals surface area (Å²) in [5, 5.41) is 0. The van der Waals surface area contributed by atoms with Crippen LogP contribution in [0.5, 0.6) is 11.5 Å². The quantitative estimate of drug-likeness (QED) is 0.273. The minimum Gasteiger partial charge on any atom is -0.466 e. The van der Waals surface area contributed by atoms with E-state index in [0.29, 0.717) is 34.5 Å². The van der Waals surface area contributed by atoms with Crippen molar-refractivity contribution in [1.29, 1.82) is 0 Å². The highest BCUT2D eigenvalue weighted by Crippen LogP contribution is 2.33. The Kier molecular flexibility index (Phi) is 8.97. The van der Waals surface area contributed by atoms with E-state index >= 15 is 0 Å². The Balaban J connectivity index is 1.58. The second kappa shape index (κ2) is 12.6. The lowest BCUT2D eigenvalue weighted by atomic mass is 10.1. The monoisotopic (exact) mass is 550 g/mol. The first-order valence-electron chi connectivity index (χ1n) is 13.0. The molecule has 1 amide bonds. The van der Waals surface area contributed by atoms with Crippen molar-refractivity contribution in [3.63, 3.8) is 0 Å². The van der Waals surface area contributed by atoms with Gasteiger partial charge in [-0.3, -0.25) is 14.4 Å². The van der Waals surface area contributed by atoms with Gasteiger partial charge in [0.15, 0.2) is 11.5 Å². The number of ether oxygens (including phenoxy) is 4. The van der Waals surface area contributed by atoms with Crippen LogP contribution >= 0.6 is 0 Å². The number of amides is 1. The summed E-state index contributed by atoms with van der Waals surface area (Å²) in [6.45, 7) is 10.1. The summed E-state index contributed by atoms with van der Waals surface area (Å²) >= 11 is 0. The minimum absolute atomic E-state index is 0.0811. The van der Waals surface area contributed by atoms with Crippen molar-refractivity contribution in [2.75, 3.05) is 26.5 Å². The summed E-state index contributed by atoms with van der Waals surface area (Å²) < 4.78 is 23.4. The smallest absolute Gasteiger partial charge is 0.410 e. The van der Waals surface area contributed by atoms with Crippen LogP contribution in [-0.4, -0.2) is 74.3 Å². The van der Waals surface area contributed by atoms with Crippen LogP contribution in [0.15, 0.2) is 48.0 Å². The molecule has 2 aromatic heterocycles. The second-order valence-corrected chi connectivity index (χ2v) is 10.1. The molecule has 0 spiro atoms. The van der Waals surface area contributed by atoms with E-state index in [9.17, 15) is 9.59 Å². The van der Waals surface area contributed by atoms with Crippen LogP contribution in [-0.2, 0) is 20.8 Å². The number of benzene rings is 1. The lowest BCUT2D eigenvalue weighted by Crippen LogP contribution is -2.38. The number of esters is 1. The Morgan fingerprint density at radius 2 is 1.95 bits per heavy atom. The van der Waals surface area contributed by atoms with Crippen molar-refractivity contribution in [3.8, 4) is 17.4 Å². The fourth-order valence-electron chi connectivity index (χ4n) is 3.90. The average Bonchev–Trinajstić information content (AvgIpc) is 3.58. The van der Waals surface area contributed by atoms with Gasteiger partial charge in [-0.15, -0.1) is 0 Å². The summed E-state index contributed by atoms with van der Waals surface area (Å²) in [5.41, 5.74) is 1.79. The first-order chi connectivity index (χ1) is 19.1. The molecule has 3 heterocycles. The van der Waals surface area contributed by atoms with Gasteiger partial charge in [0, 0.05) is 31.2 Å². The zero-order valence-corrected chi connectivity index (χ0v) is 23.4. The molecular formula is C28H34N6O6. The van der Waals surface area contributed by atoms with Crippen LogP contribution in [0.2, 0.25) is 0 Å². The first kappa shape index (κ1) is 28.5. The third kappa shape index (κ3) is 7.78. The van der Waals surface area contributed by atoms with Gasteiger partial charge in [0.2, 0.25) is 12.7 Å². The number of aryl methyl sites for hydroxylation is 1. The minimum atomic E-state index is -0.676. The molecule has 0 N–H and O–H groups in total. The first-order valence-corrected chi connectivity index (χ1v) is 13.0. The molecule has 0 bridgehead atoms. The Morgan fingerprint density at radius 1 is 1.15 bits per heavy atom. The third-order valence-corrected chi connectivity index (χ3v) is 5.63. The van der Waals surface area contributed by atoms with Crippen LogP contribution in [0.4, 0.5) is 4.79 Å². The predicted octanol–water partition coefficient (Wildman–Crippen LogP) is 3.88. The molecule has 40 heavy (non-hydrogen) atoms. The molecule has 0 radical (unpaired) electrons. The number of carbonyl (C=O) groups is 2. The van der Waals surface area contributed by atoms with Crippen LogP contribution in [0.1, 0.15) is 51.1 Å². The van der Waals surface area contributed by atoms with Crippen LogP contribution < -0.4 is 9.47 Å². The van der Waals surface area contributed by atoms with Gasteiger partial charge in [0.1, 0.15) is 11.9 Å². The molecule has 0 atom stereocenters. The topological polar surface area (TPSA) is 130 Å². The summed E-state index contributed by atoms with van der Waals surface area (Å²) in [7, 11) is 0. The van der Waals surface area contributed by atoms with Crippen molar-refractivity contribution in [2.45, 2.75) is 53.2 Å². The Morgan fingerprint density at radius 3 is 2.67 bits per heavy atom. The van der Waals surface area contributed by atoms with Crippen molar-refractivity contribution in [3.05, 3.63) is 59.9 Å². The molecular weight excluding hydrogens is 516 g/mol. The van der Waals surface area contributed by atoms with Gasteiger partial charge in [-0.1, -0.05) is 6.07 Å². The Hall–Kier alpha value is -4.48. The van der Waals surface area contributed by atoms with E-state index in [0.717, 1.165) is 5.56 Å². The van der Waals surface area contributed by atoms with Crippen LogP contribution in [0.3, 0.4) is 0 Å². The highest BCUT2D eigenvalue weighted by Gasteiger charge is 2.24. The summed E-state index contributed by atoms with van der Waals surface area (Å²) in [4.78, 5) is 45.0. The molecule has 1 aromatic carbocycles. The third-order valence-electron chi connectivity index (χ3n) is 5.63. The van der Waals surface area contributed by atoms with Gasteiger partial charge in [0.05, 0.1) is 31.0 Å². The number of hydrogen-bond acceptors (Lipinski definition) is 10. The largest absolute Gasteiger partial charge is 0.466 e. The fourth-order valence-corrected chi connectivity index (χ4v) is 3.90. The van der Waals surface area contributed by atoms with Gasteiger partial charge < -0.3 is 23.8 Å². The molecule has 3 aromatic rings. The SMILES string of the molecule is CCOC(=O)C/C(=N/CCN(Cc1ccc2c(c1)OCO2)C(=O)OC(C)(C)C)c1cc(C)nc(-n2ccnc2)n1. The van der Waals surface area contributed by atoms with Crippen molar-refractivity contribution in [1.82, 2.24) is 24.4 Å². The van der Waals surface area contributed by atoms with E-state index in [2.05, 4.69) is 15.0 Å². The van der Waals surface area contributed by atoms with E-state index in [1.807, 2.05) is 45.9 Å². The van der Waals surface area contributed by atoms with Gasteiger partial charge >= 0.3 is 12.1 Å². The van der Waals surface area contributed by atoms with Gasteiger partial charge in [-0.25, -0.2) is 19.7 Å². The lowest BCUT2D eigenvalue weighted by Gasteiger charge is -2.27. The molecule has 12 nitrogen and oxygen atoms in total. The highest BCUT2D eigenvalue weighted by molar-refractivity contribution is 6.08. The number of rotatable bonds is 10. The molecule has 0 saturated heterocycles. The summed E-state index contributed by atoms with van der Waals surface area (Å²) in [6, 6.07) is 7.30. The van der Waals surface area contributed by atoms with Gasteiger partial charge in [-0.2, -0.15) is 0 Å². The lowest BCUT2D eigenvalue weighted by molar-refractivity contribution is -0.141. The zero-order valence-electron chi connectivity index (χ0n) is 23.4. The molecule has 4 rings (SSSR count). The second-order valence-electron chi connectivity index (χ2n) is 10.1. The number of aromatic nitrogens is 4. The maximum Gasteiger partial charge on any atom is 0.410 e. The molecule has 0 saturated carbocycles. The van der Waals surface area contributed by atoms with E-state index in [-0.39, 0.29) is 39.5 Å². The van der Waals surface area contributed by atoms with Crippen LogP contribution in [0.25, 0.3) is 5.95 Å². The van der Waals surface area contributed by atoms with Crippen LogP contribution in [0, 0.1) is 6.92 Å². The number of nitrogens with zero attached hydrogens (tertiary/aromatic N) is 6. The van der Waals surface area contributed by atoms with E-state index in [1.54, 1.807) is 41.2 Å². The number of fused-ring (bicyclic) bond motifs is 1. The Labute approximate surface area is 233 Å². The standard InChI is InChI=1S/C28H34N6O6/c1-6-37-25(35)15-21(22-13-19(2)31-26(32-22)34-11-9-29-17-34)30-10-12-33(27(36)40-28(3,4)5)16-20-7-8-23-24(14-20)39-18-38-23/h7-9,11,13-14,17H,6,10,12,15-16,18H2,1-5H3/b30-21-. The molecule has 1 aliphatic rings. The predicted molar refractivity (Wildman–Crippen MR) is 146 cm³/mol. The van der Waals surface area contributed by atoms with Crippen molar-refractivity contribution in [2.24, 2.45) is 4.99 Å². The zero-order chi connectivity index (χ0) is 28.7. The Bertz CT molecular complexity index is 1370. The molecule has 0 unspecified atom stereocenters. The average molecular weight is 551 g/mol. The molecule has 0 aliphatic carbocycles. The molecule has 1 aliphatic heterocycles. The number of aliphatic imine (C=N–C) groups is 1. The number of imidazole rings is 1. The van der Waals surface area contributed by atoms with Crippen molar-refractivity contribution >= 4 is 17.8 Å². The normalized spacial score (nSPS) is 12.8. The fraction of sp³-hybridized carbons (Fsp3) is 0.429. The molecule has 12 heteroatoms. The number of hydrogen-bond donors (Lipinski definition) is 0. The number of carbonyl (C=O) groups excluding carboxylic acids is 2. The highest BCUT2D eigenvalue weighted by atomic mass is 16.7. The van der Waals surface area contributed by atoms with E-state index < -0.39 is 17.7 Å². The van der Waals surface area contributed by atoms with E-state index in [1.165, 1.54) is 0 Å². The van der Waals surface area contributed by atoms with Crippen molar-refractivity contribution < 1.29 is 28.5 Å².